The highest BCUT2D eigenvalue weighted by Crippen LogP contribution is 2.37. The van der Waals surface area contributed by atoms with E-state index in [1.807, 2.05) is 12.4 Å². The quantitative estimate of drug-likeness (QED) is 0.844. The Bertz CT molecular complexity index is 476. The van der Waals surface area contributed by atoms with Crippen molar-refractivity contribution in [2.24, 2.45) is 5.41 Å². The summed E-state index contributed by atoms with van der Waals surface area (Å²) in [5, 5.41) is 13.2. The van der Waals surface area contributed by atoms with Crippen LogP contribution in [0.2, 0.25) is 0 Å². The van der Waals surface area contributed by atoms with Crippen LogP contribution in [0.5, 0.6) is 0 Å². The Labute approximate surface area is 131 Å². The highest BCUT2D eigenvalue weighted by atomic mass is 16.5. The number of nitrogens with one attached hydrogen (secondary N) is 1. The Kier molecular flexibility index (Phi) is 4.90. The van der Waals surface area contributed by atoms with Crippen molar-refractivity contribution in [3.63, 3.8) is 0 Å². The van der Waals surface area contributed by atoms with Crippen molar-refractivity contribution in [3.05, 3.63) is 18.0 Å². The van der Waals surface area contributed by atoms with E-state index in [9.17, 15) is 5.11 Å². The standard InChI is InChI=1S/C16H26N4O2/c1-16(12-21)4-2-3-14(16)17-9-13-10-18-15(19-11-13)20-5-7-22-8-6-20/h10-11,14,17,21H,2-9,12H2,1H3. The zero-order valence-electron chi connectivity index (χ0n) is 13.3. The van der Waals surface area contributed by atoms with Gasteiger partial charge in [0.15, 0.2) is 0 Å². The fraction of sp³-hybridized carbons (Fsp3) is 0.750. The van der Waals surface area contributed by atoms with E-state index in [1.165, 1.54) is 6.42 Å². The lowest BCUT2D eigenvalue weighted by atomic mass is 9.86. The first-order valence-electron chi connectivity index (χ1n) is 8.19. The highest BCUT2D eigenvalue weighted by Gasteiger charge is 2.37. The van der Waals surface area contributed by atoms with Gasteiger partial charge in [-0.2, -0.15) is 0 Å². The molecule has 2 unspecified atom stereocenters. The van der Waals surface area contributed by atoms with Gasteiger partial charge in [0, 0.05) is 55.7 Å². The first kappa shape index (κ1) is 15.6. The predicted molar refractivity (Wildman–Crippen MR) is 84.7 cm³/mol. The van der Waals surface area contributed by atoms with E-state index in [0.717, 1.165) is 57.2 Å². The second kappa shape index (κ2) is 6.89. The average Bonchev–Trinajstić information content (AvgIpc) is 2.96. The van der Waals surface area contributed by atoms with Crippen molar-refractivity contribution in [1.29, 1.82) is 0 Å². The van der Waals surface area contributed by atoms with Crippen molar-refractivity contribution in [2.75, 3.05) is 37.8 Å². The number of ether oxygens (including phenoxy) is 1. The molecule has 0 aromatic carbocycles. The molecule has 1 saturated carbocycles. The van der Waals surface area contributed by atoms with E-state index in [4.69, 9.17) is 4.74 Å². The molecule has 0 bridgehead atoms. The Morgan fingerprint density at radius 1 is 1.36 bits per heavy atom. The monoisotopic (exact) mass is 306 g/mol. The van der Waals surface area contributed by atoms with Crippen LogP contribution < -0.4 is 10.2 Å². The van der Waals surface area contributed by atoms with E-state index < -0.39 is 0 Å². The van der Waals surface area contributed by atoms with E-state index in [2.05, 4.69) is 27.1 Å². The van der Waals surface area contributed by atoms with Crippen LogP contribution in [0.25, 0.3) is 0 Å². The number of hydrogen-bond acceptors (Lipinski definition) is 6. The second-order valence-corrected chi connectivity index (χ2v) is 6.63. The number of nitrogens with zero attached hydrogens (tertiary/aromatic N) is 3. The molecule has 1 aromatic rings. The van der Waals surface area contributed by atoms with Gasteiger partial charge in [0.1, 0.15) is 0 Å². The summed E-state index contributed by atoms with van der Waals surface area (Å²) in [4.78, 5) is 11.1. The van der Waals surface area contributed by atoms with Gasteiger partial charge in [-0.3, -0.25) is 0 Å². The van der Waals surface area contributed by atoms with Gasteiger partial charge in [0.25, 0.3) is 0 Å². The van der Waals surface area contributed by atoms with Gasteiger partial charge in [0.05, 0.1) is 13.2 Å². The topological polar surface area (TPSA) is 70.5 Å². The number of aliphatic hydroxyl groups excluding tert-OH is 1. The van der Waals surface area contributed by atoms with Crippen molar-refractivity contribution in [3.8, 4) is 0 Å². The molecule has 2 N–H and O–H groups in total. The summed E-state index contributed by atoms with van der Waals surface area (Å²) < 4.78 is 5.34. The number of hydrogen-bond donors (Lipinski definition) is 2. The molecule has 0 amide bonds. The third kappa shape index (κ3) is 3.39. The molecule has 2 aliphatic rings. The van der Waals surface area contributed by atoms with Crippen molar-refractivity contribution < 1.29 is 9.84 Å². The molecular weight excluding hydrogens is 280 g/mol. The molecule has 22 heavy (non-hydrogen) atoms. The predicted octanol–water partition coefficient (Wildman–Crippen LogP) is 0.954. The molecule has 1 saturated heterocycles. The van der Waals surface area contributed by atoms with Crippen LogP contribution >= 0.6 is 0 Å². The Morgan fingerprint density at radius 2 is 2.09 bits per heavy atom. The van der Waals surface area contributed by atoms with E-state index in [1.54, 1.807) is 0 Å². The van der Waals surface area contributed by atoms with Crippen molar-refractivity contribution >= 4 is 5.95 Å². The Hall–Kier alpha value is -1.24. The van der Waals surface area contributed by atoms with Crippen LogP contribution in [0.15, 0.2) is 12.4 Å². The van der Waals surface area contributed by atoms with Gasteiger partial charge in [-0.25, -0.2) is 9.97 Å². The number of rotatable bonds is 5. The number of aromatic nitrogens is 2. The molecule has 2 fully saturated rings. The zero-order chi connectivity index (χ0) is 15.4. The molecule has 2 atom stereocenters. The lowest BCUT2D eigenvalue weighted by molar-refractivity contribution is 0.118. The van der Waals surface area contributed by atoms with E-state index in [0.29, 0.717) is 6.04 Å². The van der Waals surface area contributed by atoms with Gasteiger partial charge in [-0.1, -0.05) is 13.3 Å². The molecule has 6 nitrogen and oxygen atoms in total. The minimum atomic E-state index is 0.00853. The molecule has 1 aliphatic carbocycles. The Morgan fingerprint density at radius 3 is 2.77 bits per heavy atom. The SMILES string of the molecule is CC1(CO)CCCC1NCc1cnc(N2CCOCC2)nc1. The summed E-state index contributed by atoms with van der Waals surface area (Å²) in [5.41, 5.74) is 1.10. The molecule has 0 radical (unpaired) electrons. The average molecular weight is 306 g/mol. The maximum absolute atomic E-state index is 9.59. The van der Waals surface area contributed by atoms with Crippen molar-refractivity contribution in [1.82, 2.24) is 15.3 Å². The maximum atomic E-state index is 9.59. The van der Waals surface area contributed by atoms with E-state index in [-0.39, 0.29) is 12.0 Å². The summed E-state index contributed by atoms with van der Waals surface area (Å²) in [5.74, 6) is 0.785. The molecule has 0 spiro atoms. The number of aliphatic hydroxyl groups is 1. The Balaban J connectivity index is 1.55. The minimum Gasteiger partial charge on any atom is -0.396 e. The number of morpholine rings is 1. The third-order valence-corrected chi connectivity index (χ3v) is 4.98. The summed E-state index contributed by atoms with van der Waals surface area (Å²) in [6.45, 7) is 6.36. The number of anilines is 1. The van der Waals surface area contributed by atoms with Crippen LogP contribution in [-0.4, -0.2) is 54.0 Å². The molecule has 1 aromatic heterocycles. The summed E-state index contributed by atoms with van der Waals surface area (Å²) >= 11 is 0. The summed E-state index contributed by atoms with van der Waals surface area (Å²) in [6.07, 6.45) is 7.20. The highest BCUT2D eigenvalue weighted by molar-refractivity contribution is 5.30. The molecule has 1 aliphatic heterocycles. The van der Waals surface area contributed by atoms with Crippen LogP contribution in [-0.2, 0) is 11.3 Å². The van der Waals surface area contributed by atoms with Gasteiger partial charge < -0.3 is 20.1 Å². The fourth-order valence-corrected chi connectivity index (χ4v) is 3.38. The van der Waals surface area contributed by atoms with Crippen LogP contribution in [0, 0.1) is 5.41 Å². The van der Waals surface area contributed by atoms with E-state index >= 15 is 0 Å². The molecule has 6 heteroatoms. The maximum Gasteiger partial charge on any atom is 0.225 e. The van der Waals surface area contributed by atoms with Gasteiger partial charge >= 0.3 is 0 Å². The molecular formula is C16H26N4O2. The first-order chi connectivity index (χ1) is 10.7. The second-order valence-electron chi connectivity index (χ2n) is 6.63. The molecule has 122 valence electrons. The third-order valence-electron chi connectivity index (χ3n) is 4.98. The largest absolute Gasteiger partial charge is 0.396 e. The molecule has 3 rings (SSSR count). The minimum absolute atomic E-state index is 0.00853. The smallest absolute Gasteiger partial charge is 0.225 e. The zero-order valence-corrected chi connectivity index (χ0v) is 13.3. The fourth-order valence-electron chi connectivity index (χ4n) is 3.38. The van der Waals surface area contributed by atoms with Crippen LogP contribution in [0.4, 0.5) is 5.95 Å². The van der Waals surface area contributed by atoms with Crippen LogP contribution in [0.3, 0.4) is 0 Å². The summed E-state index contributed by atoms with van der Waals surface area (Å²) in [7, 11) is 0. The normalized spacial score (nSPS) is 29.0. The lowest BCUT2D eigenvalue weighted by Gasteiger charge is -2.30. The van der Waals surface area contributed by atoms with Crippen LogP contribution in [0.1, 0.15) is 31.7 Å². The lowest BCUT2D eigenvalue weighted by Crippen LogP contribution is -2.41. The van der Waals surface area contributed by atoms with Gasteiger partial charge in [-0.05, 0) is 12.8 Å². The molecule has 2 heterocycles. The van der Waals surface area contributed by atoms with Gasteiger partial charge in [0.2, 0.25) is 5.95 Å². The van der Waals surface area contributed by atoms with Crippen molar-refractivity contribution in [2.45, 2.75) is 38.8 Å². The first-order valence-corrected chi connectivity index (χ1v) is 8.19. The summed E-state index contributed by atoms with van der Waals surface area (Å²) in [6, 6.07) is 0.372. The van der Waals surface area contributed by atoms with Gasteiger partial charge in [-0.15, -0.1) is 0 Å².